The van der Waals surface area contributed by atoms with Crippen LogP contribution in [0.3, 0.4) is 0 Å². The van der Waals surface area contributed by atoms with Crippen molar-refractivity contribution < 1.29 is 9.26 Å². The van der Waals surface area contributed by atoms with E-state index in [1.54, 1.807) is 0 Å². The number of aromatic nitrogens is 2. The molecular formula is C14H23N3O2. The molecule has 3 rings (SSSR count). The Morgan fingerprint density at radius 1 is 1.42 bits per heavy atom. The highest BCUT2D eigenvalue weighted by atomic mass is 16.5. The van der Waals surface area contributed by atoms with Gasteiger partial charge in [-0.15, -0.1) is 0 Å². The maximum Gasteiger partial charge on any atom is 0.228 e. The predicted octanol–water partition coefficient (Wildman–Crippen LogP) is 2.37. The molecule has 0 saturated heterocycles. The van der Waals surface area contributed by atoms with E-state index in [0.29, 0.717) is 30.7 Å². The maximum absolute atomic E-state index is 6.35. The molecule has 2 saturated carbocycles. The molecule has 5 nitrogen and oxygen atoms in total. The van der Waals surface area contributed by atoms with E-state index in [1.165, 1.54) is 25.7 Å². The number of hydrogen-bond acceptors (Lipinski definition) is 5. The van der Waals surface area contributed by atoms with Gasteiger partial charge in [0.15, 0.2) is 0 Å². The Morgan fingerprint density at radius 3 is 2.79 bits per heavy atom. The predicted molar refractivity (Wildman–Crippen MR) is 70.5 cm³/mol. The first-order chi connectivity index (χ1) is 9.20. The summed E-state index contributed by atoms with van der Waals surface area (Å²) in [5.41, 5.74) is 6.21. The van der Waals surface area contributed by atoms with Crippen LogP contribution in [0.25, 0.3) is 0 Å². The van der Waals surface area contributed by atoms with Gasteiger partial charge >= 0.3 is 0 Å². The molecule has 2 N–H and O–H groups in total. The van der Waals surface area contributed by atoms with Crippen LogP contribution in [0.5, 0.6) is 0 Å². The number of hydrogen-bond donors (Lipinski definition) is 1. The Bertz CT molecular complexity index is 422. The lowest BCUT2D eigenvalue weighted by atomic mass is 9.95. The summed E-state index contributed by atoms with van der Waals surface area (Å²) in [4.78, 5) is 4.52. The molecule has 0 spiro atoms. The van der Waals surface area contributed by atoms with Crippen LogP contribution in [0, 0.1) is 5.92 Å². The van der Waals surface area contributed by atoms with Crippen LogP contribution in [0.1, 0.15) is 63.3 Å². The lowest BCUT2D eigenvalue weighted by molar-refractivity contribution is 0.0384. The Labute approximate surface area is 113 Å². The van der Waals surface area contributed by atoms with Gasteiger partial charge in [0.05, 0.1) is 0 Å². The van der Waals surface area contributed by atoms with Gasteiger partial charge in [-0.25, -0.2) is 0 Å². The fraction of sp³-hybridized carbons (Fsp3) is 0.857. The van der Waals surface area contributed by atoms with Crippen molar-refractivity contribution in [3.63, 3.8) is 0 Å². The van der Waals surface area contributed by atoms with Gasteiger partial charge in [-0.2, -0.15) is 4.98 Å². The van der Waals surface area contributed by atoms with Crippen LogP contribution in [-0.2, 0) is 11.2 Å². The van der Waals surface area contributed by atoms with Crippen LogP contribution < -0.4 is 5.73 Å². The topological polar surface area (TPSA) is 74.2 Å². The Morgan fingerprint density at radius 2 is 2.16 bits per heavy atom. The maximum atomic E-state index is 6.35. The largest absolute Gasteiger partial charge is 0.370 e. The van der Waals surface area contributed by atoms with Crippen molar-refractivity contribution in [1.29, 1.82) is 0 Å². The van der Waals surface area contributed by atoms with E-state index in [4.69, 9.17) is 15.0 Å². The van der Waals surface area contributed by atoms with Gasteiger partial charge in [-0.05, 0) is 38.5 Å². The van der Waals surface area contributed by atoms with Crippen LogP contribution >= 0.6 is 0 Å². The Balaban J connectivity index is 1.67. The molecule has 0 amide bonds. The molecule has 5 heteroatoms. The lowest BCUT2D eigenvalue weighted by Crippen LogP contribution is -2.38. The molecule has 2 aliphatic rings. The second-order valence-corrected chi connectivity index (χ2v) is 6.01. The number of ether oxygens (including phenoxy) is 1. The van der Waals surface area contributed by atoms with E-state index in [-0.39, 0.29) is 11.6 Å². The van der Waals surface area contributed by atoms with Gasteiger partial charge in [-0.1, -0.05) is 18.0 Å². The van der Waals surface area contributed by atoms with Crippen LogP contribution in [0.15, 0.2) is 4.52 Å². The fourth-order valence-corrected chi connectivity index (χ4v) is 3.01. The molecule has 2 aliphatic carbocycles. The number of nitrogens with two attached hydrogens (primary N) is 1. The summed E-state index contributed by atoms with van der Waals surface area (Å²) in [6, 6.07) is 0. The Hall–Kier alpha value is -0.940. The first-order valence-electron chi connectivity index (χ1n) is 7.43. The van der Waals surface area contributed by atoms with Crippen LogP contribution in [0.2, 0.25) is 0 Å². The second-order valence-electron chi connectivity index (χ2n) is 6.01. The monoisotopic (exact) mass is 265 g/mol. The van der Waals surface area contributed by atoms with E-state index < -0.39 is 0 Å². The number of rotatable bonds is 6. The minimum atomic E-state index is -0.134. The molecule has 0 aliphatic heterocycles. The third-order valence-corrected chi connectivity index (χ3v) is 4.24. The molecular weight excluding hydrogens is 242 g/mol. The van der Waals surface area contributed by atoms with Crippen molar-refractivity contribution in [3.8, 4) is 0 Å². The molecule has 0 aromatic carbocycles. The molecule has 0 bridgehead atoms. The minimum Gasteiger partial charge on any atom is -0.370 e. The highest BCUT2D eigenvalue weighted by Gasteiger charge is 2.37. The smallest absolute Gasteiger partial charge is 0.228 e. The normalized spacial score (nSPS) is 23.7. The number of nitrogens with zero attached hydrogens (tertiary/aromatic N) is 2. The molecule has 1 aromatic heterocycles. The average molecular weight is 265 g/mol. The quantitative estimate of drug-likeness (QED) is 0.854. The van der Waals surface area contributed by atoms with Crippen molar-refractivity contribution in [1.82, 2.24) is 10.1 Å². The summed E-state index contributed by atoms with van der Waals surface area (Å²) >= 11 is 0. The highest BCUT2D eigenvalue weighted by Crippen LogP contribution is 2.42. The first-order valence-corrected chi connectivity index (χ1v) is 7.43. The fourth-order valence-electron chi connectivity index (χ4n) is 3.01. The summed E-state index contributed by atoms with van der Waals surface area (Å²) in [6.45, 7) is 2.69. The van der Waals surface area contributed by atoms with Crippen molar-refractivity contribution >= 4 is 0 Å². The zero-order valence-electron chi connectivity index (χ0n) is 11.6. The molecule has 1 unspecified atom stereocenters. The van der Waals surface area contributed by atoms with Crippen molar-refractivity contribution in [2.45, 2.75) is 63.5 Å². The highest BCUT2D eigenvalue weighted by molar-refractivity contribution is 5.02. The standard InChI is InChI=1S/C14H23N3O2/c1-2-18-12(10-5-6-10)13-16-11(19-17-13)9-14(15)7-3-4-8-14/h10,12H,2-9,15H2,1H3. The summed E-state index contributed by atoms with van der Waals surface area (Å²) < 4.78 is 11.1. The van der Waals surface area contributed by atoms with Crippen LogP contribution in [0.4, 0.5) is 0 Å². The van der Waals surface area contributed by atoms with Crippen molar-refractivity contribution in [3.05, 3.63) is 11.7 Å². The zero-order chi connectivity index (χ0) is 13.3. The Kier molecular flexibility index (Phi) is 3.58. The van der Waals surface area contributed by atoms with Crippen molar-refractivity contribution in [2.24, 2.45) is 11.7 Å². The minimum absolute atomic E-state index is 0.0137. The molecule has 1 atom stereocenters. The van der Waals surface area contributed by atoms with E-state index in [0.717, 1.165) is 12.8 Å². The lowest BCUT2D eigenvalue weighted by Gasteiger charge is -2.20. The van der Waals surface area contributed by atoms with Gasteiger partial charge in [0.2, 0.25) is 11.7 Å². The van der Waals surface area contributed by atoms with Gasteiger partial charge in [0, 0.05) is 18.6 Å². The van der Waals surface area contributed by atoms with E-state index in [9.17, 15) is 0 Å². The van der Waals surface area contributed by atoms with Crippen molar-refractivity contribution in [2.75, 3.05) is 6.61 Å². The summed E-state index contributed by atoms with van der Waals surface area (Å²) in [5.74, 6) is 1.95. The van der Waals surface area contributed by atoms with E-state index >= 15 is 0 Å². The molecule has 0 radical (unpaired) electrons. The summed E-state index contributed by atoms with van der Waals surface area (Å²) in [7, 11) is 0. The summed E-state index contributed by atoms with van der Waals surface area (Å²) in [5, 5.41) is 4.10. The molecule has 106 valence electrons. The van der Waals surface area contributed by atoms with Gasteiger partial charge in [0.25, 0.3) is 0 Å². The van der Waals surface area contributed by atoms with Gasteiger partial charge in [-0.3, -0.25) is 0 Å². The molecule has 2 fully saturated rings. The SMILES string of the molecule is CCOC(c1noc(CC2(N)CCCC2)n1)C1CC1. The van der Waals surface area contributed by atoms with Gasteiger partial charge < -0.3 is 15.0 Å². The summed E-state index contributed by atoms with van der Waals surface area (Å²) in [6.07, 6.45) is 7.65. The zero-order valence-corrected chi connectivity index (χ0v) is 11.6. The third-order valence-electron chi connectivity index (χ3n) is 4.24. The second kappa shape index (κ2) is 5.21. The van der Waals surface area contributed by atoms with Crippen LogP contribution in [-0.4, -0.2) is 22.3 Å². The molecule has 1 aromatic rings. The average Bonchev–Trinajstić information content (AvgIpc) is 2.99. The molecule has 1 heterocycles. The van der Waals surface area contributed by atoms with E-state index in [2.05, 4.69) is 10.1 Å². The third kappa shape index (κ3) is 2.98. The van der Waals surface area contributed by atoms with Gasteiger partial charge in [0.1, 0.15) is 6.10 Å². The van der Waals surface area contributed by atoms with E-state index in [1.807, 2.05) is 6.92 Å². The molecule has 19 heavy (non-hydrogen) atoms. The first kappa shape index (κ1) is 13.1.